The molecule has 0 spiro atoms. The molecule has 2 N–H and O–H groups in total. The van der Waals surface area contributed by atoms with Gasteiger partial charge in [0.05, 0.1) is 12.7 Å². The van der Waals surface area contributed by atoms with Crippen molar-refractivity contribution in [2.45, 2.75) is 25.3 Å². The van der Waals surface area contributed by atoms with Gasteiger partial charge in [0.15, 0.2) is 6.61 Å². The predicted molar refractivity (Wildman–Crippen MR) is 98.1 cm³/mol. The maximum Gasteiger partial charge on any atom is 0.321 e. The van der Waals surface area contributed by atoms with E-state index in [0.717, 1.165) is 29.0 Å². The Morgan fingerprint density at radius 2 is 1.93 bits per heavy atom. The quantitative estimate of drug-likeness (QED) is 0.677. The highest BCUT2D eigenvalue weighted by Gasteiger charge is 2.24. The Labute approximate surface area is 154 Å². The SMILES string of the molecule is O=C(COC(=O)Cc1coc2ccc3ccccc3c12)NC(=O)NC1CC1. The molecule has 1 fully saturated rings. The van der Waals surface area contributed by atoms with Gasteiger partial charge in [-0.1, -0.05) is 30.3 Å². The van der Waals surface area contributed by atoms with Crippen LogP contribution in [0.5, 0.6) is 0 Å². The summed E-state index contributed by atoms with van der Waals surface area (Å²) in [5.41, 5.74) is 1.38. The minimum absolute atomic E-state index is 0.0252. The van der Waals surface area contributed by atoms with Crippen LogP contribution in [-0.4, -0.2) is 30.6 Å². The van der Waals surface area contributed by atoms with Crippen molar-refractivity contribution in [2.24, 2.45) is 0 Å². The molecular weight excluding hydrogens is 348 g/mol. The Kier molecular flexibility index (Phi) is 4.50. The molecule has 1 saturated carbocycles. The molecule has 27 heavy (non-hydrogen) atoms. The number of hydrogen-bond donors (Lipinski definition) is 2. The molecule has 1 aliphatic rings. The van der Waals surface area contributed by atoms with Gasteiger partial charge in [0.2, 0.25) is 0 Å². The molecule has 7 nitrogen and oxygen atoms in total. The van der Waals surface area contributed by atoms with Gasteiger partial charge in [-0.3, -0.25) is 14.9 Å². The zero-order chi connectivity index (χ0) is 18.8. The first-order valence-corrected chi connectivity index (χ1v) is 8.74. The zero-order valence-corrected chi connectivity index (χ0v) is 14.5. The average molecular weight is 366 g/mol. The van der Waals surface area contributed by atoms with Crippen LogP contribution in [0.3, 0.4) is 0 Å². The van der Waals surface area contributed by atoms with Crippen LogP contribution in [0.4, 0.5) is 4.79 Å². The molecule has 2 aromatic carbocycles. The largest absolute Gasteiger partial charge is 0.464 e. The molecule has 1 heterocycles. The van der Waals surface area contributed by atoms with Crippen LogP contribution in [0.15, 0.2) is 47.1 Å². The first-order valence-electron chi connectivity index (χ1n) is 8.74. The fourth-order valence-corrected chi connectivity index (χ4v) is 2.97. The van der Waals surface area contributed by atoms with Crippen molar-refractivity contribution in [1.82, 2.24) is 10.6 Å². The summed E-state index contributed by atoms with van der Waals surface area (Å²) in [6.07, 6.45) is 3.35. The minimum atomic E-state index is -0.663. The van der Waals surface area contributed by atoms with Gasteiger partial charge in [-0.05, 0) is 29.7 Å². The van der Waals surface area contributed by atoms with Crippen molar-refractivity contribution in [3.8, 4) is 0 Å². The summed E-state index contributed by atoms with van der Waals surface area (Å²) in [5.74, 6) is -1.23. The van der Waals surface area contributed by atoms with Crippen LogP contribution in [0.25, 0.3) is 21.7 Å². The lowest BCUT2D eigenvalue weighted by molar-refractivity contribution is -0.147. The van der Waals surface area contributed by atoms with Gasteiger partial charge in [0.1, 0.15) is 5.58 Å². The fourth-order valence-electron chi connectivity index (χ4n) is 2.97. The van der Waals surface area contributed by atoms with E-state index in [2.05, 4.69) is 10.6 Å². The molecule has 1 aromatic heterocycles. The van der Waals surface area contributed by atoms with E-state index in [1.165, 1.54) is 6.26 Å². The molecule has 0 bridgehead atoms. The highest BCUT2D eigenvalue weighted by molar-refractivity contribution is 6.08. The van der Waals surface area contributed by atoms with Crippen LogP contribution in [0, 0.1) is 0 Å². The number of carbonyl (C=O) groups is 3. The number of fused-ring (bicyclic) bond motifs is 3. The van der Waals surface area contributed by atoms with Crippen molar-refractivity contribution in [1.29, 1.82) is 0 Å². The summed E-state index contributed by atoms with van der Waals surface area (Å²) in [4.78, 5) is 35.3. The molecular formula is C20H18N2O5. The highest BCUT2D eigenvalue weighted by atomic mass is 16.5. The second-order valence-electron chi connectivity index (χ2n) is 6.55. The molecule has 0 atom stereocenters. The zero-order valence-electron chi connectivity index (χ0n) is 14.5. The second kappa shape index (κ2) is 7.11. The Morgan fingerprint density at radius 1 is 1.11 bits per heavy atom. The minimum Gasteiger partial charge on any atom is -0.464 e. The summed E-state index contributed by atoms with van der Waals surface area (Å²) < 4.78 is 10.5. The second-order valence-corrected chi connectivity index (χ2v) is 6.55. The van der Waals surface area contributed by atoms with Crippen LogP contribution in [-0.2, 0) is 20.7 Å². The van der Waals surface area contributed by atoms with E-state index < -0.39 is 24.5 Å². The van der Waals surface area contributed by atoms with E-state index in [4.69, 9.17) is 9.15 Å². The van der Waals surface area contributed by atoms with E-state index in [9.17, 15) is 14.4 Å². The normalized spacial score (nSPS) is 13.5. The number of esters is 1. The van der Waals surface area contributed by atoms with E-state index in [1.807, 2.05) is 36.4 Å². The molecule has 0 radical (unpaired) electrons. The van der Waals surface area contributed by atoms with E-state index in [-0.39, 0.29) is 12.5 Å². The molecule has 0 unspecified atom stereocenters. The summed E-state index contributed by atoms with van der Waals surface area (Å²) in [5, 5.41) is 7.65. The Hall–Kier alpha value is -3.35. The van der Waals surface area contributed by atoms with E-state index in [0.29, 0.717) is 11.1 Å². The van der Waals surface area contributed by atoms with Gasteiger partial charge in [0, 0.05) is 17.0 Å². The molecule has 0 saturated heterocycles. The van der Waals surface area contributed by atoms with Gasteiger partial charge >= 0.3 is 12.0 Å². The molecule has 3 aromatic rings. The molecule has 3 amide bonds. The topological polar surface area (TPSA) is 97.6 Å². The van der Waals surface area contributed by atoms with Crippen molar-refractivity contribution in [3.63, 3.8) is 0 Å². The molecule has 0 aliphatic heterocycles. The Balaban J connectivity index is 1.38. The van der Waals surface area contributed by atoms with Crippen LogP contribution >= 0.6 is 0 Å². The van der Waals surface area contributed by atoms with Crippen molar-refractivity contribution >= 4 is 39.6 Å². The van der Waals surface area contributed by atoms with Crippen LogP contribution in [0.2, 0.25) is 0 Å². The van der Waals surface area contributed by atoms with Gasteiger partial charge < -0.3 is 14.5 Å². The monoisotopic (exact) mass is 366 g/mol. The number of urea groups is 1. The molecule has 1 aliphatic carbocycles. The number of amides is 3. The third kappa shape index (κ3) is 3.92. The molecule has 4 rings (SSSR count). The lowest BCUT2D eigenvalue weighted by Crippen LogP contribution is -2.42. The first-order chi connectivity index (χ1) is 13.1. The van der Waals surface area contributed by atoms with Crippen molar-refractivity contribution in [2.75, 3.05) is 6.61 Å². The highest BCUT2D eigenvalue weighted by Crippen LogP contribution is 2.30. The van der Waals surface area contributed by atoms with Crippen LogP contribution < -0.4 is 10.6 Å². The Morgan fingerprint density at radius 3 is 2.74 bits per heavy atom. The van der Waals surface area contributed by atoms with Gasteiger partial charge in [-0.15, -0.1) is 0 Å². The standard InChI is InChI=1S/C20H18N2O5/c23-17(22-20(25)21-14-6-7-14)11-27-18(24)9-13-10-26-16-8-5-12-3-1-2-4-15(12)19(13)16/h1-5,8,10,14H,6-7,9,11H2,(H2,21,22,23,25). The Bertz CT molecular complexity index is 1040. The van der Waals surface area contributed by atoms with E-state index >= 15 is 0 Å². The predicted octanol–water partition coefficient (Wildman–Crippen LogP) is 2.66. The molecule has 138 valence electrons. The van der Waals surface area contributed by atoms with Gasteiger partial charge in [0.25, 0.3) is 5.91 Å². The number of carbonyl (C=O) groups excluding carboxylic acids is 3. The number of nitrogens with one attached hydrogen (secondary N) is 2. The van der Waals surface area contributed by atoms with E-state index in [1.54, 1.807) is 0 Å². The van der Waals surface area contributed by atoms with Crippen LogP contribution in [0.1, 0.15) is 18.4 Å². The number of ether oxygens (including phenoxy) is 1. The summed E-state index contributed by atoms with van der Waals surface area (Å²) in [6.45, 7) is -0.506. The lowest BCUT2D eigenvalue weighted by Gasteiger charge is -2.06. The maximum atomic E-state index is 12.1. The van der Waals surface area contributed by atoms with Gasteiger partial charge in [-0.2, -0.15) is 0 Å². The summed E-state index contributed by atoms with van der Waals surface area (Å²) >= 11 is 0. The third-order valence-corrected chi connectivity index (χ3v) is 4.40. The summed E-state index contributed by atoms with van der Waals surface area (Å²) in [6, 6.07) is 11.2. The molecule has 7 heteroatoms. The lowest BCUT2D eigenvalue weighted by atomic mass is 10.0. The van der Waals surface area contributed by atoms with Gasteiger partial charge in [-0.25, -0.2) is 4.79 Å². The third-order valence-electron chi connectivity index (χ3n) is 4.40. The maximum absolute atomic E-state index is 12.1. The number of furan rings is 1. The smallest absolute Gasteiger partial charge is 0.321 e. The van der Waals surface area contributed by atoms with Crippen molar-refractivity contribution < 1.29 is 23.5 Å². The average Bonchev–Trinajstić information content (AvgIpc) is 3.37. The van der Waals surface area contributed by atoms with Crippen molar-refractivity contribution in [3.05, 3.63) is 48.2 Å². The number of hydrogen-bond acceptors (Lipinski definition) is 5. The first kappa shape index (κ1) is 17.1. The number of rotatable bonds is 5. The summed E-state index contributed by atoms with van der Waals surface area (Å²) in [7, 11) is 0. The number of imide groups is 1. The number of benzene rings is 2. The fraction of sp³-hybridized carbons (Fsp3) is 0.250.